The summed E-state index contributed by atoms with van der Waals surface area (Å²) in [5.74, 6) is 0.547. The summed E-state index contributed by atoms with van der Waals surface area (Å²) in [5, 5.41) is 10.4. The van der Waals surface area contributed by atoms with Crippen molar-refractivity contribution in [2.24, 2.45) is 5.41 Å². The van der Waals surface area contributed by atoms with Crippen molar-refractivity contribution in [1.82, 2.24) is 4.90 Å². The molecule has 1 aromatic carbocycles. The van der Waals surface area contributed by atoms with Crippen LogP contribution in [0.2, 0.25) is 0 Å². The fraction of sp³-hybridized carbons (Fsp3) is 0.667. The fourth-order valence-electron chi connectivity index (χ4n) is 2.79. The Morgan fingerprint density at radius 3 is 2.05 bits per heavy atom. The van der Waals surface area contributed by atoms with Crippen molar-refractivity contribution in [2.75, 3.05) is 19.6 Å². The summed E-state index contributed by atoms with van der Waals surface area (Å²) in [4.78, 5) is 2.40. The zero-order valence-corrected chi connectivity index (χ0v) is 13.4. The minimum Gasteiger partial charge on any atom is -0.387 e. The zero-order valence-electron chi connectivity index (χ0n) is 13.4. The van der Waals surface area contributed by atoms with Gasteiger partial charge in [-0.2, -0.15) is 0 Å². The molecule has 112 valence electrons. The highest BCUT2D eigenvalue weighted by Gasteiger charge is 2.26. The summed E-state index contributed by atoms with van der Waals surface area (Å²) in [6.07, 6.45) is 2.09. The predicted molar refractivity (Wildman–Crippen MR) is 84.9 cm³/mol. The van der Waals surface area contributed by atoms with Gasteiger partial charge in [0.05, 0.1) is 6.10 Å². The Balaban J connectivity index is 1.90. The van der Waals surface area contributed by atoms with E-state index in [1.807, 2.05) is 0 Å². The van der Waals surface area contributed by atoms with Gasteiger partial charge >= 0.3 is 0 Å². The van der Waals surface area contributed by atoms with E-state index in [0.29, 0.717) is 11.3 Å². The van der Waals surface area contributed by atoms with Gasteiger partial charge in [-0.3, -0.25) is 0 Å². The Labute approximate surface area is 123 Å². The molecule has 0 spiro atoms. The Morgan fingerprint density at radius 1 is 1.05 bits per heavy atom. The maximum Gasteiger partial charge on any atom is 0.0916 e. The average molecular weight is 275 g/mol. The van der Waals surface area contributed by atoms with E-state index in [4.69, 9.17) is 0 Å². The third-order valence-electron chi connectivity index (χ3n) is 4.63. The largest absolute Gasteiger partial charge is 0.387 e. The monoisotopic (exact) mass is 275 g/mol. The molecule has 0 aliphatic carbocycles. The summed E-state index contributed by atoms with van der Waals surface area (Å²) < 4.78 is 0. The summed E-state index contributed by atoms with van der Waals surface area (Å²) in [6.45, 7) is 12.0. The number of benzene rings is 1. The number of hydrogen-bond donors (Lipinski definition) is 1. The SMILES string of the molecule is CC(C)c1ccc(C(O)CN2CCC(C)(C)CC2)cc1. The molecule has 0 bridgehead atoms. The van der Waals surface area contributed by atoms with Crippen molar-refractivity contribution in [1.29, 1.82) is 0 Å². The van der Waals surface area contributed by atoms with Crippen molar-refractivity contribution >= 4 is 0 Å². The molecule has 20 heavy (non-hydrogen) atoms. The van der Waals surface area contributed by atoms with Gasteiger partial charge in [-0.25, -0.2) is 0 Å². The third kappa shape index (κ3) is 4.07. The molecule has 1 heterocycles. The maximum absolute atomic E-state index is 10.4. The van der Waals surface area contributed by atoms with Crippen LogP contribution in [0.4, 0.5) is 0 Å². The zero-order chi connectivity index (χ0) is 14.8. The highest BCUT2D eigenvalue weighted by Crippen LogP contribution is 2.30. The van der Waals surface area contributed by atoms with Gasteiger partial charge in [0.2, 0.25) is 0 Å². The molecule has 1 fully saturated rings. The van der Waals surface area contributed by atoms with Crippen molar-refractivity contribution in [3.63, 3.8) is 0 Å². The molecule has 1 unspecified atom stereocenters. The van der Waals surface area contributed by atoms with Crippen LogP contribution in [-0.2, 0) is 0 Å². The molecule has 1 aliphatic rings. The van der Waals surface area contributed by atoms with Crippen LogP contribution < -0.4 is 0 Å². The summed E-state index contributed by atoms with van der Waals surface area (Å²) in [7, 11) is 0. The van der Waals surface area contributed by atoms with E-state index in [1.54, 1.807) is 0 Å². The Bertz CT molecular complexity index is 412. The molecule has 0 radical (unpaired) electrons. The molecular weight excluding hydrogens is 246 g/mol. The molecule has 1 N–H and O–H groups in total. The van der Waals surface area contributed by atoms with Crippen molar-refractivity contribution in [3.8, 4) is 0 Å². The number of aliphatic hydroxyl groups excluding tert-OH is 1. The number of rotatable bonds is 4. The van der Waals surface area contributed by atoms with Gasteiger partial charge < -0.3 is 10.0 Å². The number of nitrogens with zero attached hydrogens (tertiary/aromatic N) is 1. The quantitative estimate of drug-likeness (QED) is 0.899. The minimum absolute atomic E-state index is 0.363. The van der Waals surface area contributed by atoms with Gasteiger partial charge in [-0.05, 0) is 48.4 Å². The second kappa shape index (κ2) is 6.28. The van der Waals surface area contributed by atoms with E-state index < -0.39 is 0 Å². The van der Waals surface area contributed by atoms with Crippen LogP contribution in [0.3, 0.4) is 0 Å². The van der Waals surface area contributed by atoms with E-state index in [9.17, 15) is 5.11 Å². The predicted octanol–water partition coefficient (Wildman–Crippen LogP) is 3.97. The van der Waals surface area contributed by atoms with Crippen LogP contribution in [0, 0.1) is 5.41 Å². The smallest absolute Gasteiger partial charge is 0.0916 e. The second-order valence-electron chi connectivity index (χ2n) is 7.30. The molecule has 1 aliphatic heterocycles. The first-order valence-corrected chi connectivity index (χ1v) is 7.88. The van der Waals surface area contributed by atoms with E-state index in [2.05, 4.69) is 56.9 Å². The molecule has 0 amide bonds. The summed E-state index contributed by atoms with van der Waals surface area (Å²) in [6, 6.07) is 8.44. The Hall–Kier alpha value is -0.860. The normalized spacial score (nSPS) is 21.1. The van der Waals surface area contributed by atoms with Crippen LogP contribution in [0.15, 0.2) is 24.3 Å². The highest BCUT2D eigenvalue weighted by molar-refractivity contribution is 5.26. The summed E-state index contributed by atoms with van der Waals surface area (Å²) >= 11 is 0. The first kappa shape index (κ1) is 15.5. The lowest BCUT2D eigenvalue weighted by Gasteiger charge is -2.37. The van der Waals surface area contributed by atoms with Crippen LogP contribution in [0.25, 0.3) is 0 Å². The molecule has 1 saturated heterocycles. The van der Waals surface area contributed by atoms with Crippen LogP contribution in [0.1, 0.15) is 63.7 Å². The molecule has 2 heteroatoms. The Kier molecular flexibility index (Phi) is 4.87. The topological polar surface area (TPSA) is 23.5 Å². The molecule has 1 atom stereocenters. The molecule has 0 saturated carbocycles. The van der Waals surface area contributed by atoms with Gasteiger partial charge in [0.15, 0.2) is 0 Å². The minimum atomic E-state index is -0.363. The lowest BCUT2D eigenvalue weighted by atomic mass is 9.82. The van der Waals surface area contributed by atoms with Crippen molar-refractivity contribution in [3.05, 3.63) is 35.4 Å². The second-order valence-corrected chi connectivity index (χ2v) is 7.30. The summed E-state index contributed by atoms with van der Waals surface area (Å²) in [5.41, 5.74) is 2.85. The average Bonchev–Trinajstić information content (AvgIpc) is 2.41. The van der Waals surface area contributed by atoms with Crippen LogP contribution in [-0.4, -0.2) is 29.6 Å². The number of aliphatic hydroxyl groups is 1. The van der Waals surface area contributed by atoms with Gasteiger partial charge in [-0.1, -0.05) is 52.0 Å². The number of β-amino-alcohol motifs (C(OH)–C–C–N with tert-alkyl or cyclic N) is 1. The first-order valence-electron chi connectivity index (χ1n) is 7.88. The van der Waals surface area contributed by atoms with E-state index in [-0.39, 0.29) is 6.10 Å². The first-order chi connectivity index (χ1) is 9.37. The van der Waals surface area contributed by atoms with E-state index in [0.717, 1.165) is 25.2 Å². The highest BCUT2D eigenvalue weighted by atomic mass is 16.3. The number of hydrogen-bond acceptors (Lipinski definition) is 2. The van der Waals surface area contributed by atoms with Crippen molar-refractivity contribution in [2.45, 2.75) is 52.6 Å². The standard InChI is InChI=1S/C18H29NO/c1-14(2)15-5-7-16(8-6-15)17(20)13-19-11-9-18(3,4)10-12-19/h5-8,14,17,20H,9-13H2,1-4H3. The Morgan fingerprint density at radius 2 is 1.55 bits per heavy atom. The lowest BCUT2D eigenvalue weighted by molar-refractivity contribution is 0.0703. The lowest BCUT2D eigenvalue weighted by Crippen LogP contribution is -2.39. The number of piperidine rings is 1. The molecular formula is C18H29NO. The molecule has 2 nitrogen and oxygen atoms in total. The van der Waals surface area contributed by atoms with Gasteiger partial charge in [0, 0.05) is 6.54 Å². The fourth-order valence-corrected chi connectivity index (χ4v) is 2.79. The van der Waals surface area contributed by atoms with Gasteiger partial charge in [0.1, 0.15) is 0 Å². The third-order valence-corrected chi connectivity index (χ3v) is 4.63. The van der Waals surface area contributed by atoms with Gasteiger partial charge in [0.25, 0.3) is 0 Å². The molecule has 0 aromatic heterocycles. The van der Waals surface area contributed by atoms with E-state index in [1.165, 1.54) is 18.4 Å². The van der Waals surface area contributed by atoms with E-state index >= 15 is 0 Å². The van der Waals surface area contributed by atoms with Crippen LogP contribution >= 0.6 is 0 Å². The number of likely N-dealkylation sites (tertiary alicyclic amines) is 1. The molecule has 1 aromatic rings. The van der Waals surface area contributed by atoms with Crippen molar-refractivity contribution < 1.29 is 5.11 Å². The van der Waals surface area contributed by atoms with Gasteiger partial charge in [-0.15, -0.1) is 0 Å². The maximum atomic E-state index is 10.4. The molecule has 2 rings (SSSR count). The van der Waals surface area contributed by atoms with Crippen LogP contribution in [0.5, 0.6) is 0 Å².